The zero-order chi connectivity index (χ0) is 23.7. The Hall–Kier alpha value is -3.64. The first-order valence-electron chi connectivity index (χ1n) is 11.8. The van der Waals surface area contributed by atoms with Crippen LogP contribution in [0.3, 0.4) is 0 Å². The van der Waals surface area contributed by atoms with Crippen LogP contribution in [0.5, 0.6) is 0 Å². The fourth-order valence-electron chi connectivity index (χ4n) is 4.60. The second-order valence-electron chi connectivity index (χ2n) is 8.98. The van der Waals surface area contributed by atoms with Gasteiger partial charge >= 0.3 is 6.03 Å². The van der Waals surface area contributed by atoms with E-state index in [2.05, 4.69) is 11.4 Å². The van der Waals surface area contributed by atoms with E-state index in [1.165, 1.54) is 0 Å². The number of anilines is 2. The number of nitrogens with zero attached hydrogens (tertiary/aromatic N) is 2. The van der Waals surface area contributed by atoms with Crippen molar-refractivity contribution in [1.29, 1.82) is 0 Å². The summed E-state index contributed by atoms with van der Waals surface area (Å²) in [5, 5.41) is 3.07. The number of carbonyl (C=O) groups is 2. The van der Waals surface area contributed by atoms with Crippen molar-refractivity contribution >= 4 is 23.3 Å². The molecule has 0 aliphatic carbocycles. The molecule has 1 fully saturated rings. The molecule has 174 valence electrons. The number of aryl methyl sites for hydroxylation is 2. The van der Waals surface area contributed by atoms with Gasteiger partial charge in [0.05, 0.1) is 13.2 Å². The van der Waals surface area contributed by atoms with Gasteiger partial charge in [-0.2, -0.15) is 0 Å². The fraction of sp³-hybridized carbons (Fsp3) is 0.286. The van der Waals surface area contributed by atoms with Crippen LogP contribution in [-0.2, 0) is 11.2 Å². The first-order chi connectivity index (χ1) is 16.5. The largest absolute Gasteiger partial charge is 0.378 e. The average molecular weight is 456 g/mol. The third kappa shape index (κ3) is 4.41. The van der Waals surface area contributed by atoms with E-state index in [1.807, 2.05) is 78.2 Å². The number of rotatable bonds is 3. The maximum Gasteiger partial charge on any atom is 0.326 e. The molecule has 0 spiro atoms. The van der Waals surface area contributed by atoms with Crippen molar-refractivity contribution in [2.45, 2.75) is 20.3 Å². The summed E-state index contributed by atoms with van der Waals surface area (Å²) in [6.45, 7) is 7.14. The molecule has 2 heterocycles. The number of fused-ring (bicyclic) bond motifs is 1. The van der Waals surface area contributed by atoms with E-state index >= 15 is 0 Å². The summed E-state index contributed by atoms with van der Waals surface area (Å²) < 4.78 is 5.34. The SMILES string of the molecule is Cc1ccc(C)c(NC(=O)N2CCc3cc(-c4ccc(C(=O)N5CCOCC5)cc4)ccc32)c1. The summed E-state index contributed by atoms with van der Waals surface area (Å²) in [5.41, 5.74) is 7.95. The van der Waals surface area contributed by atoms with Crippen LogP contribution >= 0.6 is 0 Å². The van der Waals surface area contributed by atoms with Crippen LogP contribution in [0, 0.1) is 13.8 Å². The molecule has 0 aromatic heterocycles. The highest BCUT2D eigenvalue weighted by Crippen LogP contribution is 2.33. The molecular formula is C28H29N3O3. The molecule has 1 saturated heterocycles. The molecule has 1 N–H and O–H groups in total. The lowest BCUT2D eigenvalue weighted by molar-refractivity contribution is 0.0303. The van der Waals surface area contributed by atoms with E-state index in [4.69, 9.17) is 4.74 Å². The molecule has 0 saturated carbocycles. The second kappa shape index (κ2) is 9.31. The first-order valence-corrected chi connectivity index (χ1v) is 11.8. The molecule has 6 nitrogen and oxygen atoms in total. The smallest absolute Gasteiger partial charge is 0.326 e. The number of amides is 3. The van der Waals surface area contributed by atoms with Gasteiger partial charge in [0.25, 0.3) is 5.91 Å². The fourth-order valence-corrected chi connectivity index (χ4v) is 4.60. The Morgan fingerprint density at radius 2 is 1.59 bits per heavy atom. The minimum Gasteiger partial charge on any atom is -0.378 e. The van der Waals surface area contributed by atoms with E-state index < -0.39 is 0 Å². The van der Waals surface area contributed by atoms with Gasteiger partial charge in [0, 0.05) is 36.6 Å². The van der Waals surface area contributed by atoms with Gasteiger partial charge in [-0.1, -0.05) is 30.3 Å². The molecule has 0 atom stereocenters. The maximum atomic E-state index is 13.0. The molecule has 2 aliphatic heterocycles. The maximum absolute atomic E-state index is 13.0. The van der Waals surface area contributed by atoms with Gasteiger partial charge in [-0.3, -0.25) is 9.69 Å². The molecule has 3 aromatic carbocycles. The van der Waals surface area contributed by atoms with Gasteiger partial charge in [-0.15, -0.1) is 0 Å². The second-order valence-corrected chi connectivity index (χ2v) is 8.98. The zero-order valence-electron chi connectivity index (χ0n) is 19.6. The number of carbonyl (C=O) groups excluding carboxylic acids is 2. The summed E-state index contributed by atoms with van der Waals surface area (Å²) in [5.74, 6) is 0.0503. The lowest BCUT2D eigenvalue weighted by Gasteiger charge is -2.26. The molecule has 0 bridgehead atoms. The number of benzene rings is 3. The van der Waals surface area contributed by atoms with Crippen molar-refractivity contribution in [1.82, 2.24) is 4.90 Å². The normalized spacial score (nSPS) is 15.2. The third-order valence-corrected chi connectivity index (χ3v) is 6.62. The van der Waals surface area contributed by atoms with Gasteiger partial charge < -0.3 is 15.0 Å². The summed E-state index contributed by atoms with van der Waals surface area (Å²) in [6, 6.07) is 20.0. The number of hydrogen-bond acceptors (Lipinski definition) is 3. The summed E-state index contributed by atoms with van der Waals surface area (Å²) in [4.78, 5) is 29.3. The Bertz CT molecular complexity index is 1230. The first kappa shape index (κ1) is 22.2. The number of morpholine rings is 1. The summed E-state index contributed by atoms with van der Waals surface area (Å²) in [6.07, 6.45) is 0.816. The highest BCUT2D eigenvalue weighted by atomic mass is 16.5. The lowest BCUT2D eigenvalue weighted by atomic mass is 10.0. The van der Waals surface area contributed by atoms with Crippen molar-refractivity contribution in [3.63, 3.8) is 0 Å². The molecular weight excluding hydrogens is 426 g/mol. The van der Waals surface area contributed by atoms with Crippen molar-refractivity contribution in [3.8, 4) is 11.1 Å². The lowest BCUT2D eigenvalue weighted by Crippen LogP contribution is -2.40. The van der Waals surface area contributed by atoms with Gasteiger partial charge in [-0.05, 0) is 78.4 Å². The quantitative estimate of drug-likeness (QED) is 0.602. The van der Waals surface area contributed by atoms with E-state index in [9.17, 15) is 9.59 Å². The van der Waals surface area contributed by atoms with Crippen LogP contribution in [0.4, 0.5) is 16.2 Å². The Balaban J connectivity index is 1.30. The molecule has 2 aliphatic rings. The molecule has 5 rings (SSSR count). The van der Waals surface area contributed by atoms with Crippen LogP contribution in [0.2, 0.25) is 0 Å². The zero-order valence-corrected chi connectivity index (χ0v) is 19.6. The van der Waals surface area contributed by atoms with E-state index in [0.717, 1.165) is 45.6 Å². The van der Waals surface area contributed by atoms with Crippen LogP contribution < -0.4 is 10.2 Å². The van der Waals surface area contributed by atoms with Crippen LogP contribution in [-0.4, -0.2) is 49.7 Å². The standard InChI is InChI=1S/C28H29N3O3/c1-19-3-4-20(2)25(17-19)29-28(33)31-12-11-24-18-23(9-10-26(24)31)21-5-7-22(8-6-21)27(32)30-13-15-34-16-14-30/h3-10,17-18H,11-16H2,1-2H3,(H,29,33). The molecule has 34 heavy (non-hydrogen) atoms. The molecule has 3 amide bonds. The number of hydrogen-bond donors (Lipinski definition) is 1. The molecule has 0 unspecified atom stereocenters. The topological polar surface area (TPSA) is 61.9 Å². The van der Waals surface area contributed by atoms with Gasteiger partial charge in [0.2, 0.25) is 0 Å². The van der Waals surface area contributed by atoms with E-state index in [-0.39, 0.29) is 11.9 Å². The molecule has 6 heteroatoms. The van der Waals surface area contributed by atoms with Crippen LogP contribution in [0.15, 0.2) is 60.7 Å². The summed E-state index contributed by atoms with van der Waals surface area (Å²) >= 11 is 0. The highest BCUT2D eigenvalue weighted by Gasteiger charge is 2.25. The summed E-state index contributed by atoms with van der Waals surface area (Å²) in [7, 11) is 0. The Morgan fingerprint density at radius 3 is 2.35 bits per heavy atom. The van der Waals surface area contributed by atoms with Crippen molar-refractivity contribution in [2.75, 3.05) is 43.1 Å². The van der Waals surface area contributed by atoms with E-state index in [0.29, 0.717) is 38.4 Å². The van der Waals surface area contributed by atoms with Gasteiger partial charge in [0.1, 0.15) is 0 Å². The van der Waals surface area contributed by atoms with Gasteiger partial charge in [-0.25, -0.2) is 4.79 Å². The van der Waals surface area contributed by atoms with Crippen molar-refractivity contribution in [2.24, 2.45) is 0 Å². The Morgan fingerprint density at radius 1 is 0.853 bits per heavy atom. The highest BCUT2D eigenvalue weighted by molar-refractivity contribution is 6.03. The monoisotopic (exact) mass is 455 g/mol. The van der Waals surface area contributed by atoms with Gasteiger partial charge in [0.15, 0.2) is 0 Å². The van der Waals surface area contributed by atoms with E-state index in [1.54, 1.807) is 0 Å². The number of ether oxygens (including phenoxy) is 1. The number of nitrogens with one attached hydrogen (secondary N) is 1. The number of urea groups is 1. The minimum atomic E-state index is -0.105. The van der Waals surface area contributed by atoms with Crippen LogP contribution in [0.1, 0.15) is 27.0 Å². The predicted molar refractivity (Wildman–Crippen MR) is 135 cm³/mol. The van der Waals surface area contributed by atoms with Crippen molar-refractivity contribution < 1.29 is 14.3 Å². The Kier molecular flexibility index (Phi) is 6.07. The predicted octanol–water partition coefficient (Wildman–Crippen LogP) is 5.04. The van der Waals surface area contributed by atoms with Crippen LogP contribution in [0.25, 0.3) is 11.1 Å². The average Bonchev–Trinajstić information content (AvgIpc) is 3.30. The minimum absolute atomic E-state index is 0.0503. The molecule has 3 aromatic rings. The van der Waals surface area contributed by atoms with Crippen molar-refractivity contribution in [3.05, 3.63) is 82.9 Å². The Labute approximate surface area is 200 Å². The molecule has 0 radical (unpaired) electrons. The third-order valence-electron chi connectivity index (χ3n) is 6.62.